The maximum absolute atomic E-state index is 12.3. The van der Waals surface area contributed by atoms with Crippen molar-refractivity contribution in [1.29, 1.82) is 0 Å². The average molecular weight is 390 g/mol. The van der Waals surface area contributed by atoms with Crippen molar-refractivity contribution in [3.05, 3.63) is 0 Å². The summed E-state index contributed by atoms with van der Waals surface area (Å²) < 4.78 is 82.3. The molecule has 1 aliphatic rings. The van der Waals surface area contributed by atoms with E-state index in [9.17, 15) is 35.9 Å². The zero-order valence-electron chi connectivity index (χ0n) is 11.6. The van der Waals surface area contributed by atoms with Crippen LogP contribution in [0.1, 0.15) is 13.3 Å². The number of carbonyl (C=O) groups is 2. The molecule has 14 heteroatoms. The van der Waals surface area contributed by atoms with Gasteiger partial charge in [-0.2, -0.15) is 31.2 Å². The zero-order valence-corrected chi connectivity index (χ0v) is 12.4. The van der Waals surface area contributed by atoms with Crippen LogP contribution in [0.5, 0.6) is 0 Å². The van der Waals surface area contributed by atoms with Gasteiger partial charge < -0.3 is 10.1 Å². The SMILES string of the molecule is C[C@@H]1O[C@@H](OCl)C[C@H](NC(=O)C(F)(F)F)[C@H]1OOC(=O)C(F)(F)F. The van der Waals surface area contributed by atoms with Crippen molar-refractivity contribution in [1.82, 2.24) is 5.32 Å². The van der Waals surface area contributed by atoms with E-state index in [1.54, 1.807) is 0 Å². The number of hydrogen-bond acceptors (Lipinski definition) is 6. The lowest BCUT2D eigenvalue weighted by atomic mass is 9.99. The molecule has 1 rings (SSSR count). The molecule has 24 heavy (non-hydrogen) atoms. The second-order valence-corrected chi connectivity index (χ2v) is 4.78. The van der Waals surface area contributed by atoms with Crippen LogP contribution in [0.15, 0.2) is 0 Å². The van der Waals surface area contributed by atoms with Crippen LogP contribution < -0.4 is 5.32 Å². The van der Waals surface area contributed by atoms with Crippen LogP contribution >= 0.6 is 11.9 Å². The van der Waals surface area contributed by atoms with E-state index in [2.05, 4.69) is 14.1 Å². The number of nitrogens with one attached hydrogen (secondary N) is 1. The molecule has 0 aliphatic carbocycles. The number of halogens is 7. The molecular formula is C10H10ClF6NO6. The Bertz CT molecular complexity index is 472. The van der Waals surface area contributed by atoms with Gasteiger partial charge in [-0.1, -0.05) is 0 Å². The van der Waals surface area contributed by atoms with E-state index in [1.807, 2.05) is 0 Å². The van der Waals surface area contributed by atoms with Crippen molar-refractivity contribution in [2.24, 2.45) is 0 Å². The first kappa shape index (κ1) is 20.7. The third-order valence-corrected chi connectivity index (χ3v) is 3.01. The van der Waals surface area contributed by atoms with E-state index in [0.717, 1.165) is 0 Å². The summed E-state index contributed by atoms with van der Waals surface area (Å²) in [7, 11) is 0. The van der Waals surface area contributed by atoms with Crippen LogP contribution in [0.25, 0.3) is 0 Å². The predicted molar refractivity (Wildman–Crippen MR) is 60.9 cm³/mol. The molecule has 0 aromatic carbocycles. The molecule has 0 bridgehead atoms. The molecule has 1 aliphatic heterocycles. The standard InChI is InChI=1S/C10H10ClF6NO6/c1-3-6(23-24-8(20)10(15,16)17)4(2-5(21-3)22-11)18-7(19)9(12,13)14/h3-6H,2H2,1H3,(H,18,19)/t3-,4-,5-,6-/m0/s1. The van der Waals surface area contributed by atoms with E-state index in [0.29, 0.717) is 0 Å². The molecule has 1 N–H and O–H groups in total. The van der Waals surface area contributed by atoms with Gasteiger partial charge in [0.15, 0.2) is 12.4 Å². The van der Waals surface area contributed by atoms with Gasteiger partial charge in [-0.05, 0) is 6.92 Å². The van der Waals surface area contributed by atoms with Crippen LogP contribution in [0.2, 0.25) is 0 Å². The van der Waals surface area contributed by atoms with E-state index >= 15 is 0 Å². The lowest BCUT2D eigenvalue weighted by Gasteiger charge is -2.38. The fraction of sp³-hybridized carbons (Fsp3) is 0.800. The maximum atomic E-state index is 12.3. The summed E-state index contributed by atoms with van der Waals surface area (Å²) in [5.41, 5.74) is 0. The topological polar surface area (TPSA) is 83.1 Å². The highest BCUT2D eigenvalue weighted by Gasteiger charge is 2.47. The Balaban J connectivity index is 2.83. The Kier molecular flexibility index (Phi) is 6.67. The Labute approximate surface area is 135 Å². The Hall–Kier alpha value is -1.31. The third-order valence-electron chi connectivity index (χ3n) is 2.81. The van der Waals surface area contributed by atoms with Gasteiger partial charge in [0.1, 0.15) is 0 Å². The molecule has 0 saturated carbocycles. The summed E-state index contributed by atoms with van der Waals surface area (Å²) in [4.78, 5) is 29.3. The normalized spacial score (nSPS) is 28.3. The summed E-state index contributed by atoms with van der Waals surface area (Å²) in [6, 6.07) is -1.56. The van der Waals surface area contributed by atoms with Crippen LogP contribution in [-0.2, 0) is 28.4 Å². The van der Waals surface area contributed by atoms with Crippen LogP contribution in [0.4, 0.5) is 26.3 Å². The molecule has 0 unspecified atom stereocenters. The fourth-order valence-corrected chi connectivity index (χ4v) is 1.90. The second kappa shape index (κ2) is 7.72. The van der Waals surface area contributed by atoms with Gasteiger partial charge in [0, 0.05) is 6.42 Å². The van der Waals surface area contributed by atoms with Crippen LogP contribution in [0, 0.1) is 0 Å². The number of hydrogen-bond donors (Lipinski definition) is 1. The number of carbonyl (C=O) groups excluding carboxylic acids is 2. The Morgan fingerprint density at radius 2 is 1.75 bits per heavy atom. The first-order chi connectivity index (χ1) is 10.9. The van der Waals surface area contributed by atoms with Crippen molar-refractivity contribution in [3.63, 3.8) is 0 Å². The first-order valence-electron chi connectivity index (χ1n) is 6.11. The number of ether oxygens (including phenoxy) is 1. The molecule has 7 nitrogen and oxygen atoms in total. The minimum absolute atomic E-state index is 0.510. The molecular weight excluding hydrogens is 380 g/mol. The number of amides is 1. The molecule has 0 aromatic heterocycles. The van der Waals surface area contributed by atoms with E-state index in [-0.39, 0.29) is 0 Å². The van der Waals surface area contributed by atoms with Gasteiger partial charge in [0.2, 0.25) is 0 Å². The summed E-state index contributed by atoms with van der Waals surface area (Å²) in [6.07, 6.45) is -15.3. The van der Waals surface area contributed by atoms with Gasteiger partial charge in [0.05, 0.1) is 24.0 Å². The molecule has 1 fully saturated rings. The molecule has 1 heterocycles. The van der Waals surface area contributed by atoms with Crippen molar-refractivity contribution in [2.75, 3.05) is 0 Å². The predicted octanol–water partition coefficient (Wildman–Crippen LogP) is 1.74. The molecule has 0 radical (unpaired) electrons. The third kappa shape index (κ3) is 5.65. The summed E-state index contributed by atoms with van der Waals surface area (Å²) in [6.45, 7) is 1.17. The average Bonchev–Trinajstić information content (AvgIpc) is 2.43. The van der Waals surface area contributed by atoms with Gasteiger partial charge in [0.25, 0.3) is 0 Å². The van der Waals surface area contributed by atoms with Gasteiger partial charge in [-0.3, -0.25) is 9.68 Å². The van der Waals surface area contributed by atoms with E-state index < -0.39 is 55.2 Å². The van der Waals surface area contributed by atoms with Gasteiger partial charge in [-0.15, -0.1) is 0 Å². The fourth-order valence-electron chi connectivity index (χ4n) is 1.78. The summed E-state index contributed by atoms with van der Waals surface area (Å²) in [5.74, 6) is -5.11. The molecule has 0 spiro atoms. The molecule has 1 amide bonds. The van der Waals surface area contributed by atoms with Gasteiger partial charge >= 0.3 is 24.2 Å². The largest absolute Gasteiger partial charge is 0.494 e. The van der Waals surface area contributed by atoms with Crippen LogP contribution in [0.3, 0.4) is 0 Å². The minimum atomic E-state index is -5.38. The monoisotopic (exact) mass is 389 g/mol. The van der Waals surface area contributed by atoms with Crippen LogP contribution in [-0.4, -0.2) is 48.8 Å². The highest BCUT2D eigenvalue weighted by atomic mass is 35.5. The zero-order chi connectivity index (χ0) is 18.7. The molecule has 140 valence electrons. The number of rotatable bonds is 4. The summed E-state index contributed by atoms with van der Waals surface area (Å²) >= 11 is 5.04. The van der Waals surface area contributed by atoms with E-state index in [4.69, 9.17) is 16.6 Å². The highest BCUT2D eigenvalue weighted by Crippen LogP contribution is 2.27. The maximum Gasteiger partial charge on any atom is 0.494 e. The first-order valence-corrected chi connectivity index (χ1v) is 6.42. The molecule has 0 aromatic rings. The Morgan fingerprint density at radius 3 is 2.21 bits per heavy atom. The lowest BCUT2D eigenvalue weighted by Crippen LogP contribution is -2.58. The summed E-state index contributed by atoms with van der Waals surface area (Å²) in [5, 5.41) is 1.49. The van der Waals surface area contributed by atoms with Crippen molar-refractivity contribution >= 4 is 23.7 Å². The minimum Gasteiger partial charge on any atom is -0.345 e. The molecule has 4 atom stereocenters. The second-order valence-electron chi connectivity index (χ2n) is 4.60. The quantitative estimate of drug-likeness (QED) is 0.448. The number of alkyl halides is 6. The highest BCUT2D eigenvalue weighted by molar-refractivity contribution is 6.07. The van der Waals surface area contributed by atoms with Gasteiger partial charge in [-0.25, -0.2) is 9.08 Å². The van der Waals surface area contributed by atoms with Crippen molar-refractivity contribution in [2.45, 2.75) is 50.2 Å². The molecule has 1 saturated heterocycles. The Morgan fingerprint density at radius 1 is 1.17 bits per heavy atom. The lowest BCUT2D eigenvalue weighted by molar-refractivity contribution is -0.351. The van der Waals surface area contributed by atoms with Crippen molar-refractivity contribution in [3.8, 4) is 0 Å². The smallest absolute Gasteiger partial charge is 0.345 e. The van der Waals surface area contributed by atoms with Crippen molar-refractivity contribution < 1.29 is 54.7 Å². The van der Waals surface area contributed by atoms with E-state index in [1.165, 1.54) is 12.2 Å².